The predicted octanol–water partition coefficient (Wildman–Crippen LogP) is 3.54. The minimum absolute atomic E-state index is 0.0433. The van der Waals surface area contributed by atoms with E-state index in [4.69, 9.17) is 0 Å². The summed E-state index contributed by atoms with van der Waals surface area (Å²) in [6, 6.07) is 8.95. The Labute approximate surface area is 148 Å². The van der Waals surface area contributed by atoms with Gasteiger partial charge in [-0.2, -0.15) is 0 Å². The number of rotatable bonds is 4. The van der Waals surface area contributed by atoms with Crippen molar-refractivity contribution in [3.8, 4) is 0 Å². The van der Waals surface area contributed by atoms with Crippen molar-refractivity contribution in [1.29, 1.82) is 0 Å². The molecule has 8 heteroatoms. The van der Waals surface area contributed by atoms with E-state index in [1.54, 1.807) is 25.1 Å². The molecule has 0 radical (unpaired) electrons. The van der Waals surface area contributed by atoms with Crippen LogP contribution in [0.25, 0.3) is 0 Å². The summed E-state index contributed by atoms with van der Waals surface area (Å²) < 4.78 is 38.9. The van der Waals surface area contributed by atoms with Crippen molar-refractivity contribution in [3.63, 3.8) is 0 Å². The van der Waals surface area contributed by atoms with Crippen LogP contribution in [0.2, 0.25) is 0 Å². The van der Waals surface area contributed by atoms with Crippen molar-refractivity contribution in [1.82, 2.24) is 0 Å². The number of hydrogen-bond donors (Lipinski definition) is 1. The first-order chi connectivity index (χ1) is 11.1. The van der Waals surface area contributed by atoms with Crippen molar-refractivity contribution in [2.45, 2.75) is 6.92 Å². The number of benzene rings is 2. The lowest BCUT2D eigenvalue weighted by atomic mass is 10.1. The van der Waals surface area contributed by atoms with E-state index in [2.05, 4.69) is 21.2 Å². The fourth-order valence-electron chi connectivity index (χ4n) is 2.05. The van der Waals surface area contributed by atoms with E-state index in [0.29, 0.717) is 15.7 Å². The summed E-state index contributed by atoms with van der Waals surface area (Å²) in [6.07, 6.45) is 1.08. The first-order valence-electron chi connectivity index (χ1n) is 6.90. The molecule has 0 saturated carbocycles. The molecular weight excluding hydrogens is 399 g/mol. The maximum absolute atomic E-state index is 13.8. The fraction of sp³-hybridized carbons (Fsp3) is 0.188. The van der Waals surface area contributed by atoms with Crippen molar-refractivity contribution in [2.75, 3.05) is 22.9 Å². The Morgan fingerprint density at radius 3 is 2.46 bits per heavy atom. The van der Waals surface area contributed by atoms with Crippen LogP contribution in [-0.4, -0.2) is 27.6 Å². The summed E-state index contributed by atoms with van der Waals surface area (Å²) in [4.78, 5) is 12.3. The normalized spacial score (nSPS) is 11.2. The average molecular weight is 415 g/mol. The molecule has 0 aliphatic carbocycles. The molecule has 0 fully saturated rings. The van der Waals surface area contributed by atoms with Gasteiger partial charge in [0.25, 0.3) is 5.91 Å². The Hall–Kier alpha value is -1.93. The maximum atomic E-state index is 13.8. The fourth-order valence-corrected chi connectivity index (χ4v) is 2.94. The highest BCUT2D eigenvalue weighted by Gasteiger charge is 2.17. The zero-order chi connectivity index (χ0) is 18.1. The summed E-state index contributed by atoms with van der Waals surface area (Å²) in [5, 5.41) is 2.48. The van der Waals surface area contributed by atoms with Crippen LogP contribution in [0, 0.1) is 12.7 Å². The van der Waals surface area contributed by atoms with Crippen LogP contribution in [0.3, 0.4) is 0 Å². The zero-order valence-electron chi connectivity index (χ0n) is 13.3. The van der Waals surface area contributed by atoms with Crippen molar-refractivity contribution >= 4 is 43.2 Å². The Bertz CT molecular complexity index is 900. The molecule has 128 valence electrons. The van der Waals surface area contributed by atoms with Gasteiger partial charge in [-0.1, -0.05) is 22.0 Å². The summed E-state index contributed by atoms with van der Waals surface area (Å²) in [5.74, 6) is -1.10. The molecule has 2 aromatic carbocycles. The molecule has 1 amide bonds. The average Bonchev–Trinajstić information content (AvgIpc) is 2.49. The topological polar surface area (TPSA) is 66.5 Å². The van der Waals surface area contributed by atoms with Crippen LogP contribution in [-0.2, 0) is 10.0 Å². The highest BCUT2D eigenvalue weighted by molar-refractivity contribution is 9.10. The monoisotopic (exact) mass is 414 g/mol. The number of halogens is 2. The molecule has 0 aromatic heterocycles. The van der Waals surface area contributed by atoms with Crippen molar-refractivity contribution < 1.29 is 17.6 Å². The predicted molar refractivity (Wildman–Crippen MR) is 96.5 cm³/mol. The summed E-state index contributed by atoms with van der Waals surface area (Å²) in [6.45, 7) is 1.74. The van der Waals surface area contributed by atoms with Gasteiger partial charge >= 0.3 is 0 Å². The highest BCUT2D eigenvalue weighted by atomic mass is 79.9. The molecule has 0 bridgehead atoms. The van der Waals surface area contributed by atoms with Crippen molar-refractivity contribution in [2.24, 2.45) is 0 Å². The molecule has 2 rings (SSSR count). The lowest BCUT2D eigenvalue weighted by molar-refractivity contribution is 0.102. The van der Waals surface area contributed by atoms with E-state index in [-0.39, 0.29) is 11.3 Å². The van der Waals surface area contributed by atoms with Crippen LogP contribution < -0.4 is 9.62 Å². The van der Waals surface area contributed by atoms with Gasteiger partial charge in [-0.25, -0.2) is 12.8 Å². The first-order valence-corrected chi connectivity index (χ1v) is 9.54. The minimum Gasteiger partial charge on any atom is -0.319 e. The Kier molecular flexibility index (Phi) is 5.29. The molecule has 0 atom stereocenters. The lowest BCUT2D eigenvalue weighted by Gasteiger charge is -2.19. The Morgan fingerprint density at radius 2 is 1.88 bits per heavy atom. The zero-order valence-corrected chi connectivity index (χ0v) is 15.7. The minimum atomic E-state index is -3.45. The van der Waals surface area contributed by atoms with Gasteiger partial charge in [-0.15, -0.1) is 0 Å². The van der Waals surface area contributed by atoms with Gasteiger partial charge in [0.05, 0.1) is 17.6 Å². The third-order valence-electron chi connectivity index (χ3n) is 3.49. The largest absolute Gasteiger partial charge is 0.319 e. The maximum Gasteiger partial charge on any atom is 0.255 e. The van der Waals surface area contributed by atoms with E-state index >= 15 is 0 Å². The number of sulfonamides is 1. The first kappa shape index (κ1) is 18.4. The molecule has 0 aliphatic rings. The molecule has 1 N–H and O–H groups in total. The molecule has 0 heterocycles. The van der Waals surface area contributed by atoms with E-state index in [1.807, 2.05) is 0 Å². The summed E-state index contributed by atoms with van der Waals surface area (Å²) in [7, 11) is -2.04. The smallest absolute Gasteiger partial charge is 0.255 e. The summed E-state index contributed by atoms with van der Waals surface area (Å²) in [5.41, 5.74) is 1.37. The number of carbonyl (C=O) groups excluding carboxylic acids is 1. The molecule has 2 aromatic rings. The van der Waals surface area contributed by atoms with Crippen LogP contribution >= 0.6 is 15.9 Å². The molecule has 0 spiro atoms. The van der Waals surface area contributed by atoms with Crippen LogP contribution in [0.4, 0.5) is 15.8 Å². The molecule has 24 heavy (non-hydrogen) atoms. The van der Waals surface area contributed by atoms with Crippen LogP contribution in [0.5, 0.6) is 0 Å². The number of nitrogens with one attached hydrogen (secondary N) is 1. The lowest BCUT2D eigenvalue weighted by Crippen LogP contribution is -2.26. The number of carbonyl (C=O) groups is 1. The summed E-state index contributed by atoms with van der Waals surface area (Å²) >= 11 is 3.14. The number of hydrogen-bond acceptors (Lipinski definition) is 3. The molecule has 0 unspecified atom stereocenters. The second-order valence-corrected chi connectivity index (χ2v) is 8.24. The van der Waals surface area contributed by atoms with Gasteiger partial charge in [0.1, 0.15) is 5.82 Å². The van der Waals surface area contributed by atoms with Gasteiger partial charge in [0.15, 0.2) is 0 Å². The SMILES string of the molecule is Cc1ccc(C(=O)Nc2ccc(Br)cc2F)cc1N(C)S(C)(=O)=O. The van der Waals surface area contributed by atoms with E-state index in [9.17, 15) is 17.6 Å². The van der Waals surface area contributed by atoms with Crippen molar-refractivity contribution in [3.05, 3.63) is 57.8 Å². The second-order valence-electron chi connectivity index (χ2n) is 5.31. The quantitative estimate of drug-likeness (QED) is 0.831. The highest BCUT2D eigenvalue weighted by Crippen LogP contribution is 2.24. The van der Waals surface area contributed by atoms with Gasteiger partial charge in [0.2, 0.25) is 10.0 Å². The van der Waals surface area contributed by atoms with E-state index < -0.39 is 21.7 Å². The number of amides is 1. The molecule has 0 saturated heterocycles. The number of anilines is 2. The second kappa shape index (κ2) is 6.90. The molecular formula is C16H16BrFN2O3S. The number of aryl methyl sites for hydroxylation is 1. The van der Waals surface area contributed by atoms with Crippen LogP contribution in [0.1, 0.15) is 15.9 Å². The Morgan fingerprint density at radius 1 is 1.21 bits per heavy atom. The van der Waals surface area contributed by atoms with Gasteiger partial charge in [-0.05, 0) is 42.8 Å². The third-order valence-corrected chi connectivity index (χ3v) is 5.17. The van der Waals surface area contributed by atoms with E-state index in [0.717, 1.165) is 10.6 Å². The third kappa shape index (κ3) is 4.12. The number of nitrogens with zero attached hydrogens (tertiary/aromatic N) is 1. The standard InChI is InChI=1S/C16H16BrFN2O3S/c1-10-4-5-11(8-15(10)20(2)24(3,22)23)16(21)19-14-7-6-12(17)9-13(14)18/h4-9H,1-3H3,(H,19,21). The van der Waals surface area contributed by atoms with Gasteiger partial charge in [-0.3, -0.25) is 9.10 Å². The van der Waals surface area contributed by atoms with Gasteiger partial charge < -0.3 is 5.32 Å². The van der Waals surface area contributed by atoms with Gasteiger partial charge in [0, 0.05) is 17.1 Å². The van der Waals surface area contributed by atoms with E-state index in [1.165, 1.54) is 25.2 Å². The molecule has 0 aliphatic heterocycles. The van der Waals surface area contributed by atoms with Crippen LogP contribution in [0.15, 0.2) is 40.9 Å². The molecule has 5 nitrogen and oxygen atoms in total. The Balaban J connectivity index is 2.33.